The van der Waals surface area contributed by atoms with E-state index in [1.54, 1.807) is 18.2 Å². The first-order valence-electron chi connectivity index (χ1n) is 8.57. The minimum absolute atomic E-state index is 0.139. The van der Waals surface area contributed by atoms with Gasteiger partial charge < -0.3 is 4.74 Å². The fourth-order valence-corrected chi connectivity index (χ4v) is 2.67. The summed E-state index contributed by atoms with van der Waals surface area (Å²) in [4.78, 5) is 22.4. The van der Waals surface area contributed by atoms with Gasteiger partial charge in [0.25, 0.3) is 11.6 Å². The number of amides is 1. The zero-order valence-corrected chi connectivity index (χ0v) is 15.9. The standard InChI is InChI=1S/C21H16ClN3O4/c22-19-10-3-1-7-17(19)14-29-20-11-4-2-6-16(20)13-23-24-21(26)15-8-5-9-18(12-15)25(27)28/h1-13H,14H2,(H,24,26)/b23-13-. The summed E-state index contributed by atoms with van der Waals surface area (Å²) in [6, 6.07) is 20.0. The minimum atomic E-state index is -0.563. The number of nitro benzene ring substituents is 1. The predicted octanol–water partition coefficient (Wildman–Crippen LogP) is 4.59. The Morgan fingerprint density at radius 2 is 1.86 bits per heavy atom. The number of halogens is 1. The number of rotatable bonds is 7. The lowest BCUT2D eigenvalue weighted by molar-refractivity contribution is -0.384. The number of hydrogen-bond acceptors (Lipinski definition) is 5. The molecule has 8 heteroatoms. The molecule has 0 saturated carbocycles. The topological polar surface area (TPSA) is 93.8 Å². The van der Waals surface area contributed by atoms with E-state index in [9.17, 15) is 14.9 Å². The van der Waals surface area contributed by atoms with Crippen LogP contribution in [0.3, 0.4) is 0 Å². The molecule has 0 atom stereocenters. The van der Waals surface area contributed by atoms with Gasteiger partial charge in [0.2, 0.25) is 0 Å². The van der Waals surface area contributed by atoms with Crippen molar-refractivity contribution >= 4 is 29.4 Å². The van der Waals surface area contributed by atoms with Crippen LogP contribution in [0.4, 0.5) is 5.69 Å². The maximum atomic E-state index is 12.1. The number of nitrogens with one attached hydrogen (secondary N) is 1. The van der Waals surface area contributed by atoms with E-state index in [0.29, 0.717) is 16.3 Å². The van der Waals surface area contributed by atoms with Crippen molar-refractivity contribution in [2.75, 3.05) is 0 Å². The van der Waals surface area contributed by atoms with Crippen LogP contribution in [0.25, 0.3) is 0 Å². The van der Waals surface area contributed by atoms with Crippen molar-refractivity contribution in [1.29, 1.82) is 0 Å². The number of ether oxygens (including phenoxy) is 1. The van der Waals surface area contributed by atoms with Crippen LogP contribution in [-0.4, -0.2) is 17.0 Å². The lowest BCUT2D eigenvalue weighted by Crippen LogP contribution is -2.17. The molecule has 0 bridgehead atoms. The van der Waals surface area contributed by atoms with E-state index in [0.717, 1.165) is 5.56 Å². The molecular weight excluding hydrogens is 394 g/mol. The highest BCUT2D eigenvalue weighted by Crippen LogP contribution is 2.21. The molecule has 29 heavy (non-hydrogen) atoms. The molecule has 7 nitrogen and oxygen atoms in total. The minimum Gasteiger partial charge on any atom is -0.488 e. The van der Waals surface area contributed by atoms with Gasteiger partial charge in [-0.15, -0.1) is 0 Å². The van der Waals surface area contributed by atoms with E-state index in [4.69, 9.17) is 16.3 Å². The van der Waals surface area contributed by atoms with Crippen molar-refractivity contribution < 1.29 is 14.5 Å². The molecule has 0 spiro atoms. The predicted molar refractivity (Wildman–Crippen MR) is 110 cm³/mol. The van der Waals surface area contributed by atoms with Crippen molar-refractivity contribution in [2.45, 2.75) is 6.61 Å². The van der Waals surface area contributed by atoms with Gasteiger partial charge in [-0.1, -0.05) is 48.0 Å². The number of nitrogens with zero attached hydrogens (tertiary/aromatic N) is 2. The van der Waals surface area contributed by atoms with Crippen LogP contribution in [0.1, 0.15) is 21.5 Å². The van der Waals surface area contributed by atoms with Crippen molar-refractivity contribution in [3.8, 4) is 5.75 Å². The van der Waals surface area contributed by atoms with Gasteiger partial charge in [-0.2, -0.15) is 5.10 Å². The molecule has 3 rings (SSSR count). The lowest BCUT2D eigenvalue weighted by atomic mass is 10.2. The van der Waals surface area contributed by atoms with E-state index in [2.05, 4.69) is 10.5 Å². The highest BCUT2D eigenvalue weighted by Gasteiger charge is 2.11. The summed E-state index contributed by atoms with van der Waals surface area (Å²) >= 11 is 6.14. The maximum absolute atomic E-state index is 12.1. The van der Waals surface area contributed by atoms with Crippen molar-refractivity contribution in [3.05, 3.63) is 105 Å². The largest absolute Gasteiger partial charge is 0.488 e. The summed E-state index contributed by atoms with van der Waals surface area (Å²) in [6.07, 6.45) is 1.44. The first-order valence-corrected chi connectivity index (χ1v) is 8.95. The quantitative estimate of drug-likeness (QED) is 0.351. The van der Waals surface area contributed by atoms with Gasteiger partial charge in [0, 0.05) is 33.8 Å². The van der Waals surface area contributed by atoms with Gasteiger partial charge in [0.15, 0.2) is 0 Å². The van der Waals surface area contributed by atoms with E-state index in [-0.39, 0.29) is 17.9 Å². The normalized spacial score (nSPS) is 10.7. The van der Waals surface area contributed by atoms with Gasteiger partial charge in [-0.25, -0.2) is 5.43 Å². The summed E-state index contributed by atoms with van der Waals surface area (Å²) in [6.45, 7) is 0.282. The Balaban J connectivity index is 1.66. The van der Waals surface area contributed by atoms with Crippen LogP contribution in [0, 0.1) is 10.1 Å². The molecule has 0 aliphatic heterocycles. The van der Waals surface area contributed by atoms with Gasteiger partial charge in [-0.05, 0) is 24.3 Å². The molecule has 0 fully saturated rings. The molecule has 0 aromatic heterocycles. The van der Waals surface area contributed by atoms with E-state index >= 15 is 0 Å². The molecule has 1 N–H and O–H groups in total. The zero-order valence-electron chi connectivity index (χ0n) is 15.1. The number of hydrazone groups is 1. The van der Waals surface area contributed by atoms with Gasteiger partial charge >= 0.3 is 0 Å². The second-order valence-corrected chi connectivity index (χ2v) is 6.33. The Bertz CT molecular complexity index is 1070. The first kappa shape index (κ1) is 20.0. The van der Waals surface area contributed by atoms with Crippen molar-refractivity contribution in [3.63, 3.8) is 0 Å². The Morgan fingerprint density at radius 1 is 1.10 bits per heavy atom. The molecule has 0 aliphatic rings. The van der Waals surface area contributed by atoms with Gasteiger partial charge in [0.05, 0.1) is 11.1 Å². The van der Waals surface area contributed by atoms with E-state index in [1.807, 2.05) is 30.3 Å². The summed E-state index contributed by atoms with van der Waals surface area (Å²) < 4.78 is 5.82. The first-order chi connectivity index (χ1) is 14.0. The Hall–Kier alpha value is -3.71. The van der Waals surface area contributed by atoms with E-state index in [1.165, 1.54) is 30.5 Å². The summed E-state index contributed by atoms with van der Waals surface area (Å²) in [5.74, 6) is 0.0141. The third kappa shape index (κ3) is 5.40. The molecule has 0 saturated heterocycles. The highest BCUT2D eigenvalue weighted by molar-refractivity contribution is 6.31. The molecule has 0 aliphatic carbocycles. The maximum Gasteiger partial charge on any atom is 0.271 e. The summed E-state index contributed by atoms with van der Waals surface area (Å²) in [7, 11) is 0. The highest BCUT2D eigenvalue weighted by atomic mass is 35.5. The van der Waals surface area contributed by atoms with E-state index < -0.39 is 10.8 Å². The van der Waals surface area contributed by atoms with Crippen LogP contribution in [0.2, 0.25) is 5.02 Å². The van der Waals surface area contributed by atoms with Crippen LogP contribution < -0.4 is 10.2 Å². The average molecular weight is 410 g/mol. The number of non-ortho nitro benzene ring substituents is 1. The molecule has 0 radical (unpaired) electrons. The molecule has 1 amide bonds. The van der Waals surface area contributed by atoms with Crippen molar-refractivity contribution in [2.24, 2.45) is 5.10 Å². The second kappa shape index (κ2) is 9.48. The van der Waals surface area contributed by atoms with Crippen LogP contribution in [-0.2, 0) is 6.61 Å². The number of para-hydroxylation sites is 1. The zero-order chi connectivity index (χ0) is 20.6. The fraction of sp³-hybridized carbons (Fsp3) is 0.0476. The lowest BCUT2D eigenvalue weighted by Gasteiger charge is -2.10. The number of nitro groups is 1. The van der Waals surface area contributed by atoms with Crippen LogP contribution in [0.15, 0.2) is 77.9 Å². The van der Waals surface area contributed by atoms with Crippen LogP contribution >= 0.6 is 11.6 Å². The van der Waals surface area contributed by atoms with Gasteiger partial charge in [0.1, 0.15) is 12.4 Å². The SMILES string of the molecule is O=C(N/N=C\c1ccccc1OCc1ccccc1Cl)c1cccc([N+](=O)[O-])c1. The third-order valence-corrected chi connectivity index (χ3v) is 4.32. The number of benzene rings is 3. The Morgan fingerprint density at radius 3 is 2.66 bits per heavy atom. The van der Waals surface area contributed by atoms with Crippen molar-refractivity contribution in [1.82, 2.24) is 5.43 Å². The summed E-state index contributed by atoms with van der Waals surface area (Å²) in [5.41, 5.74) is 3.83. The molecule has 3 aromatic rings. The number of carbonyl (C=O) groups is 1. The summed E-state index contributed by atoms with van der Waals surface area (Å²) in [5, 5.41) is 15.4. The second-order valence-electron chi connectivity index (χ2n) is 5.92. The van der Waals surface area contributed by atoms with Gasteiger partial charge in [-0.3, -0.25) is 14.9 Å². The molecule has 0 unspecified atom stereocenters. The molecule has 0 heterocycles. The smallest absolute Gasteiger partial charge is 0.271 e. The number of hydrogen-bond donors (Lipinski definition) is 1. The molecule has 3 aromatic carbocycles. The number of carbonyl (C=O) groups excluding carboxylic acids is 1. The average Bonchev–Trinajstić information content (AvgIpc) is 2.74. The Kier molecular flexibility index (Phi) is 6.55. The third-order valence-electron chi connectivity index (χ3n) is 3.95. The Labute approximate surface area is 171 Å². The van der Waals surface area contributed by atoms with Crippen LogP contribution in [0.5, 0.6) is 5.75 Å². The molecule has 146 valence electrons. The monoisotopic (exact) mass is 409 g/mol. The molecular formula is C21H16ClN3O4. The fourth-order valence-electron chi connectivity index (χ4n) is 2.48.